The number of benzene rings is 3. The molecule has 0 aliphatic heterocycles. The van der Waals surface area contributed by atoms with Crippen molar-refractivity contribution in [3.05, 3.63) is 89.7 Å². The normalized spacial score (nSPS) is 10.8. The number of halogens is 3. The summed E-state index contributed by atoms with van der Waals surface area (Å²) in [5, 5.41) is 0. The summed E-state index contributed by atoms with van der Waals surface area (Å²) < 4.78 is 42.3. The van der Waals surface area contributed by atoms with Gasteiger partial charge in [0.15, 0.2) is 0 Å². The van der Waals surface area contributed by atoms with Crippen LogP contribution in [0.4, 0.5) is 13.2 Å². The van der Waals surface area contributed by atoms with Crippen molar-refractivity contribution in [2.24, 2.45) is 0 Å². The molecule has 0 N–H and O–H groups in total. The molecule has 0 fully saturated rings. The molecule has 0 amide bonds. The molecule has 3 aromatic carbocycles. The monoisotopic (exact) mass is 352 g/mol. The lowest BCUT2D eigenvalue weighted by molar-refractivity contribution is 0.605. The van der Waals surface area contributed by atoms with Crippen molar-refractivity contribution in [1.29, 1.82) is 0 Å². The predicted octanol–water partition coefficient (Wildman–Crippen LogP) is 3.96. The predicted molar refractivity (Wildman–Crippen MR) is 102 cm³/mol. The molecule has 4 heteroatoms. The molecule has 0 saturated heterocycles. The fourth-order valence-electron chi connectivity index (χ4n) is 3.39. The zero-order valence-electron chi connectivity index (χ0n) is 14.7. The van der Waals surface area contributed by atoms with Gasteiger partial charge in [0.25, 0.3) is 0 Å². The number of rotatable bonds is 6. The van der Waals surface area contributed by atoms with E-state index in [9.17, 15) is 13.2 Å². The minimum atomic E-state index is -0.427. The summed E-state index contributed by atoms with van der Waals surface area (Å²) in [4.78, 5) is 0. The van der Waals surface area contributed by atoms with Crippen LogP contribution >= 0.6 is 0 Å². The van der Waals surface area contributed by atoms with Gasteiger partial charge in [-0.05, 0) is 48.7 Å². The molecule has 0 aromatic heterocycles. The molecule has 0 radical (unpaired) electrons. The van der Waals surface area contributed by atoms with E-state index < -0.39 is 6.71 Å². The Morgan fingerprint density at radius 2 is 1.35 bits per heavy atom. The Morgan fingerprint density at radius 1 is 0.769 bits per heavy atom. The third-order valence-corrected chi connectivity index (χ3v) is 4.61. The van der Waals surface area contributed by atoms with Gasteiger partial charge in [-0.25, -0.2) is 13.2 Å². The first kappa shape index (κ1) is 18.3. The van der Waals surface area contributed by atoms with E-state index in [1.165, 1.54) is 30.3 Å². The van der Waals surface area contributed by atoms with Gasteiger partial charge < -0.3 is 0 Å². The average molecular weight is 352 g/mol. The highest BCUT2D eigenvalue weighted by Crippen LogP contribution is 2.11. The van der Waals surface area contributed by atoms with Crippen molar-refractivity contribution in [3.63, 3.8) is 0 Å². The zero-order chi connectivity index (χ0) is 18.5. The summed E-state index contributed by atoms with van der Waals surface area (Å²) in [6, 6.07) is 17.4. The van der Waals surface area contributed by atoms with E-state index in [0.717, 1.165) is 18.3 Å². The Hall–Kier alpha value is -2.49. The van der Waals surface area contributed by atoms with Gasteiger partial charge in [-0.15, -0.1) is 0 Å². The van der Waals surface area contributed by atoms with E-state index >= 15 is 0 Å². The van der Waals surface area contributed by atoms with Crippen molar-refractivity contribution < 1.29 is 13.2 Å². The van der Waals surface area contributed by atoms with Crippen LogP contribution in [0.3, 0.4) is 0 Å². The van der Waals surface area contributed by atoms with Crippen molar-refractivity contribution in [2.45, 2.75) is 26.2 Å². The zero-order valence-corrected chi connectivity index (χ0v) is 14.7. The lowest BCUT2D eigenvalue weighted by Crippen LogP contribution is -2.53. The standard InChI is InChI=1S/C22H20BF3/c1-2-3-11-20-21(12-6-13-22(20)26)23(16-7-4-9-18(24)14-16)17-8-5-10-19(25)15-17/h4-10,12-15H,2-3,11H2,1H3. The van der Waals surface area contributed by atoms with Crippen LogP contribution in [0.25, 0.3) is 0 Å². The minimum absolute atomic E-state index is 0.270. The quantitative estimate of drug-likeness (QED) is 0.589. The lowest BCUT2D eigenvalue weighted by Gasteiger charge is -2.20. The van der Waals surface area contributed by atoms with Crippen LogP contribution < -0.4 is 16.4 Å². The molecular weight excluding hydrogens is 332 g/mol. The fourth-order valence-corrected chi connectivity index (χ4v) is 3.39. The van der Waals surface area contributed by atoms with Crippen molar-refractivity contribution in [2.75, 3.05) is 0 Å². The molecule has 0 aliphatic carbocycles. The smallest absolute Gasteiger partial charge is 0.207 e. The van der Waals surface area contributed by atoms with E-state index in [-0.39, 0.29) is 17.5 Å². The van der Waals surface area contributed by atoms with Crippen LogP contribution in [0.2, 0.25) is 0 Å². The summed E-state index contributed by atoms with van der Waals surface area (Å²) in [5.74, 6) is -1.00. The Labute approximate surface area is 152 Å². The molecular formula is C22H20BF3. The molecule has 132 valence electrons. The topological polar surface area (TPSA) is 0 Å². The Balaban J connectivity index is 2.20. The molecule has 0 spiro atoms. The molecule has 0 atom stereocenters. The van der Waals surface area contributed by atoms with Crippen LogP contribution in [0, 0.1) is 17.5 Å². The Bertz CT molecular complexity index is 847. The second-order valence-corrected chi connectivity index (χ2v) is 6.45. The van der Waals surface area contributed by atoms with Crippen molar-refractivity contribution in [3.8, 4) is 0 Å². The lowest BCUT2D eigenvalue weighted by atomic mass is 9.36. The van der Waals surface area contributed by atoms with Gasteiger partial charge in [0, 0.05) is 0 Å². The van der Waals surface area contributed by atoms with Gasteiger partial charge in [0.2, 0.25) is 6.71 Å². The van der Waals surface area contributed by atoms with Gasteiger partial charge in [0.1, 0.15) is 17.5 Å². The highest BCUT2D eigenvalue weighted by atomic mass is 19.1. The first-order chi connectivity index (χ1) is 12.6. The number of hydrogen-bond donors (Lipinski definition) is 0. The van der Waals surface area contributed by atoms with Gasteiger partial charge in [-0.3, -0.25) is 0 Å². The molecule has 0 aliphatic rings. The molecule has 0 unspecified atom stereocenters. The van der Waals surface area contributed by atoms with Crippen LogP contribution in [-0.4, -0.2) is 6.71 Å². The van der Waals surface area contributed by atoms with E-state index in [1.807, 2.05) is 6.07 Å². The maximum atomic E-state index is 14.6. The average Bonchev–Trinajstić information content (AvgIpc) is 2.62. The van der Waals surface area contributed by atoms with Gasteiger partial charge in [0.05, 0.1) is 0 Å². The second kappa shape index (κ2) is 8.26. The largest absolute Gasteiger partial charge is 0.241 e. The maximum Gasteiger partial charge on any atom is 0.241 e. The summed E-state index contributed by atoms with van der Waals surface area (Å²) >= 11 is 0. The number of hydrogen-bond acceptors (Lipinski definition) is 0. The molecule has 0 bridgehead atoms. The summed E-state index contributed by atoms with van der Waals surface area (Å²) in [6.45, 7) is 1.63. The highest BCUT2D eigenvalue weighted by Gasteiger charge is 2.26. The first-order valence-electron chi connectivity index (χ1n) is 8.88. The molecule has 26 heavy (non-hydrogen) atoms. The molecule has 0 heterocycles. The van der Waals surface area contributed by atoms with Crippen molar-refractivity contribution in [1.82, 2.24) is 0 Å². The maximum absolute atomic E-state index is 14.6. The highest BCUT2D eigenvalue weighted by molar-refractivity contribution is 6.95. The van der Waals surface area contributed by atoms with E-state index in [0.29, 0.717) is 22.9 Å². The second-order valence-electron chi connectivity index (χ2n) is 6.45. The SMILES string of the molecule is CCCCc1c(F)cccc1B(c1cccc(F)c1)c1cccc(F)c1. The summed E-state index contributed by atoms with van der Waals surface area (Å²) in [7, 11) is 0. The minimum Gasteiger partial charge on any atom is -0.207 e. The van der Waals surface area contributed by atoms with Crippen molar-refractivity contribution >= 4 is 23.1 Å². The number of unbranched alkanes of at least 4 members (excludes halogenated alkanes) is 1. The first-order valence-corrected chi connectivity index (χ1v) is 8.88. The molecule has 3 aromatic rings. The van der Waals surface area contributed by atoms with E-state index in [1.54, 1.807) is 30.3 Å². The summed E-state index contributed by atoms with van der Waals surface area (Å²) in [6.07, 6.45) is 2.39. The Kier molecular flexibility index (Phi) is 5.82. The van der Waals surface area contributed by atoms with Crippen LogP contribution in [0.1, 0.15) is 25.3 Å². The van der Waals surface area contributed by atoms with Gasteiger partial charge >= 0.3 is 0 Å². The van der Waals surface area contributed by atoms with Gasteiger partial charge in [-0.2, -0.15) is 0 Å². The van der Waals surface area contributed by atoms with E-state index in [2.05, 4.69) is 6.92 Å². The van der Waals surface area contributed by atoms with Crippen LogP contribution in [0.15, 0.2) is 66.7 Å². The van der Waals surface area contributed by atoms with E-state index in [4.69, 9.17) is 0 Å². The van der Waals surface area contributed by atoms with Gasteiger partial charge in [-0.1, -0.05) is 66.1 Å². The fraction of sp³-hybridized carbons (Fsp3) is 0.182. The Morgan fingerprint density at radius 3 is 1.88 bits per heavy atom. The molecule has 0 nitrogen and oxygen atoms in total. The molecule has 3 rings (SSSR count). The molecule has 0 saturated carbocycles. The van der Waals surface area contributed by atoms with Crippen LogP contribution in [0.5, 0.6) is 0 Å². The van der Waals surface area contributed by atoms with Crippen LogP contribution in [-0.2, 0) is 6.42 Å². The third-order valence-electron chi connectivity index (χ3n) is 4.61. The summed E-state index contributed by atoms with van der Waals surface area (Å²) in [5.41, 5.74) is 2.74. The third kappa shape index (κ3) is 4.01.